The van der Waals surface area contributed by atoms with Crippen LogP contribution >= 0.6 is 11.6 Å². The Bertz CT molecular complexity index is 452. The van der Waals surface area contributed by atoms with Gasteiger partial charge in [0.1, 0.15) is 0 Å². The summed E-state index contributed by atoms with van der Waals surface area (Å²) in [6.07, 6.45) is 4.04. The maximum Gasteiger partial charge on any atom is 0.223 e. The first-order valence-electron chi connectivity index (χ1n) is 6.77. The molecule has 102 valence electrons. The topological polar surface area (TPSA) is 58.1 Å². The second-order valence-electron chi connectivity index (χ2n) is 5.26. The molecule has 1 aromatic heterocycles. The molecule has 1 aliphatic heterocycles. The van der Waals surface area contributed by atoms with Gasteiger partial charge in [0.05, 0.1) is 0 Å². The van der Waals surface area contributed by atoms with Crippen molar-refractivity contribution in [1.82, 2.24) is 15.5 Å². The monoisotopic (exact) mass is 280 g/mol. The van der Waals surface area contributed by atoms with E-state index in [0.717, 1.165) is 44.6 Å². The van der Waals surface area contributed by atoms with Gasteiger partial charge in [-0.2, -0.15) is 0 Å². The van der Waals surface area contributed by atoms with E-state index in [2.05, 4.69) is 20.4 Å². The van der Waals surface area contributed by atoms with Crippen LogP contribution in [0.25, 0.3) is 0 Å². The Labute approximate surface area is 117 Å². The lowest BCUT2D eigenvalue weighted by atomic mass is 10.0. The third kappa shape index (κ3) is 3.15. The minimum atomic E-state index is 0.240. The zero-order valence-electron chi connectivity index (χ0n) is 10.7. The molecule has 0 unspecified atom stereocenters. The van der Waals surface area contributed by atoms with E-state index in [1.165, 1.54) is 0 Å². The van der Waals surface area contributed by atoms with Crippen molar-refractivity contribution in [3.63, 3.8) is 0 Å². The van der Waals surface area contributed by atoms with Gasteiger partial charge in [-0.1, -0.05) is 11.6 Å². The van der Waals surface area contributed by atoms with Crippen LogP contribution in [-0.4, -0.2) is 35.2 Å². The Hall–Kier alpha value is -1.36. The van der Waals surface area contributed by atoms with Crippen LogP contribution in [0.1, 0.15) is 25.7 Å². The van der Waals surface area contributed by atoms with Crippen molar-refractivity contribution in [2.75, 3.05) is 18.0 Å². The van der Waals surface area contributed by atoms with Crippen LogP contribution in [0.4, 0.5) is 5.82 Å². The smallest absolute Gasteiger partial charge is 0.223 e. The van der Waals surface area contributed by atoms with Gasteiger partial charge in [-0.05, 0) is 37.8 Å². The van der Waals surface area contributed by atoms with Crippen molar-refractivity contribution >= 4 is 23.3 Å². The molecular formula is C13H17ClN4O. The summed E-state index contributed by atoms with van der Waals surface area (Å²) in [5, 5.41) is 11.5. The lowest BCUT2D eigenvalue weighted by Gasteiger charge is -2.32. The summed E-state index contributed by atoms with van der Waals surface area (Å²) < 4.78 is 0. The number of anilines is 1. The fraction of sp³-hybridized carbons (Fsp3) is 0.615. The van der Waals surface area contributed by atoms with Crippen LogP contribution in [0, 0.1) is 5.92 Å². The molecule has 3 rings (SSSR count). The molecule has 2 heterocycles. The number of hydrogen-bond donors (Lipinski definition) is 1. The number of carbonyl (C=O) groups excluding carboxylic acids is 1. The molecule has 0 aromatic carbocycles. The number of rotatable bonds is 3. The van der Waals surface area contributed by atoms with Crippen LogP contribution in [0.2, 0.25) is 5.15 Å². The van der Waals surface area contributed by atoms with Gasteiger partial charge < -0.3 is 10.2 Å². The highest BCUT2D eigenvalue weighted by molar-refractivity contribution is 6.29. The molecule has 1 saturated heterocycles. The number of nitrogens with zero attached hydrogens (tertiary/aromatic N) is 3. The molecule has 1 aliphatic carbocycles. The van der Waals surface area contributed by atoms with Crippen LogP contribution in [0.15, 0.2) is 12.1 Å². The van der Waals surface area contributed by atoms with Gasteiger partial charge in [-0.25, -0.2) is 0 Å². The fourth-order valence-corrected chi connectivity index (χ4v) is 2.50. The van der Waals surface area contributed by atoms with Gasteiger partial charge in [-0.15, -0.1) is 10.2 Å². The number of piperidine rings is 1. The van der Waals surface area contributed by atoms with Crippen molar-refractivity contribution in [2.24, 2.45) is 5.92 Å². The molecule has 6 heteroatoms. The quantitative estimate of drug-likeness (QED) is 0.914. The van der Waals surface area contributed by atoms with Gasteiger partial charge in [-0.3, -0.25) is 4.79 Å². The largest absolute Gasteiger partial charge is 0.355 e. The van der Waals surface area contributed by atoms with E-state index in [1.54, 1.807) is 6.07 Å². The third-order valence-corrected chi connectivity index (χ3v) is 3.93. The molecule has 1 amide bonds. The van der Waals surface area contributed by atoms with Crippen molar-refractivity contribution in [3.8, 4) is 0 Å². The standard InChI is InChI=1S/C13H17ClN4O/c14-11-3-4-12(17-16-11)18-7-5-10(6-8-18)15-13(19)9-1-2-9/h3-4,9-10H,1-2,5-8H2,(H,15,19). The van der Waals surface area contributed by atoms with Crippen LogP contribution in [0.5, 0.6) is 0 Å². The molecule has 2 aliphatic rings. The number of amides is 1. The molecule has 0 bridgehead atoms. The van der Waals surface area contributed by atoms with E-state index in [-0.39, 0.29) is 5.91 Å². The minimum absolute atomic E-state index is 0.240. The SMILES string of the molecule is O=C(NC1CCN(c2ccc(Cl)nn2)CC1)C1CC1. The average Bonchev–Trinajstić information content (AvgIpc) is 3.25. The molecule has 19 heavy (non-hydrogen) atoms. The molecular weight excluding hydrogens is 264 g/mol. The molecule has 1 aromatic rings. The van der Waals surface area contributed by atoms with E-state index >= 15 is 0 Å². The summed E-state index contributed by atoms with van der Waals surface area (Å²) in [5.41, 5.74) is 0. The highest BCUT2D eigenvalue weighted by Crippen LogP contribution is 2.29. The first-order valence-corrected chi connectivity index (χ1v) is 7.15. The summed E-state index contributed by atoms with van der Waals surface area (Å²) >= 11 is 5.73. The summed E-state index contributed by atoms with van der Waals surface area (Å²) in [6.45, 7) is 1.79. The fourth-order valence-electron chi connectivity index (χ4n) is 2.40. The van der Waals surface area contributed by atoms with Gasteiger partial charge in [0.15, 0.2) is 11.0 Å². The second kappa shape index (κ2) is 5.33. The van der Waals surface area contributed by atoms with Gasteiger partial charge in [0.25, 0.3) is 0 Å². The first kappa shape index (κ1) is 12.7. The summed E-state index contributed by atoms with van der Waals surface area (Å²) in [5.74, 6) is 1.39. The van der Waals surface area contributed by atoms with Crippen LogP contribution in [0.3, 0.4) is 0 Å². The molecule has 1 saturated carbocycles. The van der Waals surface area contributed by atoms with Gasteiger partial charge in [0, 0.05) is 25.0 Å². The first-order chi connectivity index (χ1) is 9.22. The third-order valence-electron chi connectivity index (χ3n) is 3.73. The normalized spacial score (nSPS) is 20.4. The van der Waals surface area contributed by atoms with Gasteiger partial charge >= 0.3 is 0 Å². The van der Waals surface area contributed by atoms with Gasteiger partial charge in [0.2, 0.25) is 5.91 Å². The van der Waals surface area contributed by atoms with Crippen molar-refractivity contribution in [3.05, 3.63) is 17.3 Å². The molecule has 5 nitrogen and oxygen atoms in total. The Morgan fingerprint density at radius 1 is 1.21 bits per heavy atom. The molecule has 1 N–H and O–H groups in total. The van der Waals surface area contributed by atoms with E-state index in [1.807, 2.05) is 6.07 Å². The molecule has 0 spiro atoms. The van der Waals surface area contributed by atoms with Crippen molar-refractivity contribution in [2.45, 2.75) is 31.7 Å². The lowest BCUT2D eigenvalue weighted by Crippen LogP contribution is -2.45. The highest BCUT2D eigenvalue weighted by atomic mass is 35.5. The summed E-state index contributed by atoms with van der Waals surface area (Å²) in [7, 11) is 0. The zero-order valence-corrected chi connectivity index (χ0v) is 11.4. The van der Waals surface area contributed by atoms with Crippen LogP contribution in [-0.2, 0) is 4.79 Å². The maximum atomic E-state index is 11.7. The Kier molecular flexibility index (Phi) is 3.55. The number of hydrogen-bond acceptors (Lipinski definition) is 4. The van der Waals surface area contributed by atoms with Crippen molar-refractivity contribution in [1.29, 1.82) is 0 Å². The molecule has 0 atom stereocenters. The Morgan fingerprint density at radius 3 is 2.53 bits per heavy atom. The predicted octanol–water partition coefficient (Wildman–Crippen LogP) is 1.62. The highest BCUT2D eigenvalue weighted by Gasteiger charge is 2.31. The number of aromatic nitrogens is 2. The zero-order chi connectivity index (χ0) is 13.2. The van der Waals surface area contributed by atoms with E-state index < -0.39 is 0 Å². The number of carbonyl (C=O) groups is 1. The van der Waals surface area contributed by atoms with E-state index in [4.69, 9.17) is 11.6 Å². The van der Waals surface area contributed by atoms with Crippen molar-refractivity contribution < 1.29 is 4.79 Å². The average molecular weight is 281 g/mol. The lowest BCUT2D eigenvalue weighted by molar-refractivity contribution is -0.123. The minimum Gasteiger partial charge on any atom is -0.355 e. The number of nitrogens with one attached hydrogen (secondary N) is 1. The van der Waals surface area contributed by atoms with Crippen LogP contribution < -0.4 is 10.2 Å². The summed E-state index contributed by atoms with van der Waals surface area (Å²) in [6, 6.07) is 3.95. The second-order valence-corrected chi connectivity index (χ2v) is 5.65. The molecule has 0 radical (unpaired) electrons. The number of halogens is 1. The predicted molar refractivity (Wildman–Crippen MR) is 73.1 cm³/mol. The molecule has 2 fully saturated rings. The van der Waals surface area contributed by atoms with E-state index in [0.29, 0.717) is 17.1 Å². The Balaban J connectivity index is 1.51. The summed E-state index contributed by atoms with van der Waals surface area (Å²) in [4.78, 5) is 13.9. The maximum absolute atomic E-state index is 11.7. The Morgan fingerprint density at radius 2 is 1.95 bits per heavy atom. The van der Waals surface area contributed by atoms with E-state index in [9.17, 15) is 4.79 Å².